The topological polar surface area (TPSA) is 76.5 Å². The van der Waals surface area contributed by atoms with Crippen molar-refractivity contribution in [2.24, 2.45) is 0 Å². The van der Waals surface area contributed by atoms with Crippen LogP contribution in [0.15, 0.2) is 60.8 Å². The smallest absolute Gasteiger partial charge is 0.139 e. The van der Waals surface area contributed by atoms with E-state index in [4.69, 9.17) is 0 Å². The molecule has 5 N–H and O–H groups in total. The lowest BCUT2D eigenvalue weighted by atomic mass is 9.97. The van der Waals surface area contributed by atoms with Crippen LogP contribution in [0, 0.1) is 0 Å². The maximum absolute atomic E-state index is 10.6. The summed E-state index contributed by atoms with van der Waals surface area (Å²) in [5.74, 6) is 0.166. The van der Waals surface area contributed by atoms with Crippen LogP contribution in [0.4, 0.5) is 5.69 Å². The lowest BCUT2D eigenvalue weighted by Crippen LogP contribution is -2.23. The maximum atomic E-state index is 10.6. The summed E-state index contributed by atoms with van der Waals surface area (Å²) < 4.78 is 0. The van der Waals surface area contributed by atoms with Crippen LogP contribution in [0.25, 0.3) is 6.08 Å². The van der Waals surface area contributed by atoms with Gasteiger partial charge < -0.3 is 26.2 Å². The Hall–Kier alpha value is -2.60. The fraction of sp³-hybridized carbons (Fsp3) is 0.385. The molecule has 166 valence electrons. The molecule has 5 nitrogen and oxygen atoms in total. The van der Waals surface area contributed by atoms with Crippen molar-refractivity contribution in [3.05, 3.63) is 77.5 Å². The van der Waals surface area contributed by atoms with E-state index in [0.29, 0.717) is 12.2 Å². The van der Waals surface area contributed by atoms with Gasteiger partial charge in [0, 0.05) is 17.8 Å². The second kappa shape index (κ2) is 12.3. The standard InChI is InChI=1S/C26H35N3O2/c1-20-11-12-23-22(13-14-24(30)26(23)29-20)25(31)19-28-17-8-3-2-7-16-27-18-15-21-9-5-4-6-10-21/h4-6,9-14,25,27-31H,1-3,7-8,15-19H2. The Morgan fingerprint density at radius 2 is 1.61 bits per heavy atom. The molecule has 0 amide bonds. The third-order valence-electron chi connectivity index (χ3n) is 5.58. The van der Waals surface area contributed by atoms with E-state index in [2.05, 4.69) is 52.9 Å². The molecule has 3 rings (SSSR count). The number of hydrogen-bond donors (Lipinski definition) is 5. The first-order valence-corrected chi connectivity index (χ1v) is 11.3. The quantitative estimate of drug-likeness (QED) is 0.245. The highest BCUT2D eigenvalue weighted by molar-refractivity contribution is 5.81. The van der Waals surface area contributed by atoms with Crippen molar-refractivity contribution in [2.45, 2.75) is 38.2 Å². The zero-order valence-electron chi connectivity index (χ0n) is 18.2. The summed E-state index contributed by atoms with van der Waals surface area (Å²) in [4.78, 5) is 0. The number of unbranched alkanes of at least 4 members (excludes halogenated alkanes) is 3. The van der Waals surface area contributed by atoms with Gasteiger partial charge in [0.1, 0.15) is 5.75 Å². The first-order chi connectivity index (χ1) is 15.1. The van der Waals surface area contributed by atoms with Gasteiger partial charge in [-0.1, -0.05) is 61.9 Å². The molecule has 0 saturated heterocycles. The average molecular weight is 422 g/mol. The largest absolute Gasteiger partial charge is 0.506 e. The molecule has 2 aromatic carbocycles. The van der Waals surface area contributed by atoms with Gasteiger partial charge in [-0.05, 0) is 62.2 Å². The second-order valence-corrected chi connectivity index (χ2v) is 8.07. The first kappa shape index (κ1) is 23.1. The van der Waals surface area contributed by atoms with Crippen molar-refractivity contribution in [3.8, 4) is 5.75 Å². The summed E-state index contributed by atoms with van der Waals surface area (Å²) in [7, 11) is 0. The molecule has 1 heterocycles. The summed E-state index contributed by atoms with van der Waals surface area (Å²) in [6, 6.07) is 14.0. The highest BCUT2D eigenvalue weighted by atomic mass is 16.3. The minimum atomic E-state index is -0.624. The van der Waals surface area contributed by atoms with Gasteiger partial charge in [0.15, 0.2) is 0 Å². The van der Waals surface area contributed by atoms with Gasteiger partial charge in [0.2, 0.25) is 0 Å². The van der Waals surface area contributed by atoms with Gasteiger partial charge in [0.25, 0.3) is 0 Å². The van der Waals surface area contributed by atoms with Crippen LogP contribution < -0.4 is 16.0 Å². The number of nitrogens with one attached hydrogen (secondary N) is 3. The number of anilines is 1. The molecule has 2 aromatic rings. The van der Waals surface area contributed by atoms with Crippen molar-refractivity contribution in [1.29, 1.82) is 0 Å². The molecule has 0 spiro atoms. The lowest BCUT2D eigenvalue weighted by Gasteiger charge is -2.22. The lowest BCUT2D eigenvalue weighted by molar-refractivity contribution is 0.174. The number of fused-ring (bicyclic) bond motifs is 1. The van der Waals surface area contributed by atoms with Gasteiger partial charge in [-0.3, -0.25) is 0 Å². The van der Waals surface area contributed by atoms with Crippen LogP contribution in [0.5, 0.6) is 5.75 Å². The summed E-state index contributed by atoms with van der Waals surface area (Å²) in [6.07, 6.45) is 8.90. The highest BCUT2D eigenvalue weighted by Crippen LogP contribution is 2.37. The second-order valence-electron chi connectivity index (χ2n) is 8.07. The van der Waals surface area contributed by atoms with Crippen LogP contribution in [0.3, 0.4) is 0 Å². The molecule has 1 atom stereocenters. The molecule has 1 unspecified atom stereocenters. The van der Waals surface area contributed by atoms with E-state index < -0.39 is 6.10 Å². The normalized spacial score (nSPS) is 13.6. The van der Waals surface area contributed by atoms with Gasteiger partial charge >= 0.3 is 0 Å². The Labute approximate surface area is 185 Å². The minimum absolute atomic E-state index is 0.166. The molecule has 31 heavy (non-hydrogen) atoms. The molecule has 0 fully saturated rings. The molecule has 0 bridgehead atoms. The molecular formula is C26H35N3O2. The van der Waals surface area contributed by atoms with Crippen molar-refractivity contribution in [2.75, 3.05) is 31.5 Å². The number of aromatic hydroxyl groups is 1. The number of phenolic OH excluding ortho intramolecular Hbond substituents is 1. The van der Waals surface area contributed by atoms with E-state index >= 15 is 0 Å². The summed E-state index contributed by atoms with van der Waals surface area (Å²) in [5.41, 5.74) is 4.34. The Bertz CT molecular complexity index is 864. The van der Waals surface area contributed by atoms with Crippen LogP contribution >= 0.6 is 0 Å². The van der Waals surface area contributed by atoms with Gasteiger partial charge in [-0.2, -0.15) is 0 Å². The zero-order valence-corrected chi connectivity index (χ0v) is 18.2. The van der Waals surface area contributed by atoms with Gasteiger partial charge in [-0.15, -0.1) is 0 Å². The maximum Gasteiger partial charge on any atom is 0.139 e. The van der Waals surface area contributed by atoms with Gasteiger partial charge in [-0.25, -0.2) is 0 Å². The van der Waals surface area contributed by atoms with Crippen LogP contribution in [-0.2, 0) is 6.42 Å². The zero-order chi connectivity index (χ0) is 21.9. The highest BCUT2D eigenvalue weighted by Gasteiger charge is 2.19. The Morgan fingerprint density at radius 3 is 2.39 bits per heavy atom. The molecule has 0 saturated carbocycles. The van der Waals surface area contributed by atoms with E-state index in [9.17, 15) is 10.2 Å². The van der Waals surface area contributed by atoms with Crippen LogP contribution in [-0.4, -0.2) is 36.4 Å². The fourth-order valence-electron chi connectivity index (χ4n) is 3.82. The SMILES string of the molecule is C=C1C=Cc2c(C(O)CNCCCCCCNCCc3ccccc3)ccc(O)c2N1. The molecular weight excluding hydrogens is 386 g/mol. The number of aliphatic hydroxyl groups excluding tert-OH is 1. The first-order valence-electron chi connectivity index (χ1n) is 11.3. The Balaban J connectivity index is 1.24. The van der Waals surface area contributed by atoms with E-state index in [1.807, 2.05) is 12.2 Å². The number of aliphatic hydroxyl groups is 1. The van der Waals surface area contributed by atoms with Crippen molar-refractivity contribution in [3.63, 3.8) is 0 Å². The number of hydrogen-bond acceptors (Lipinski definition) is 5. The molecule has 0 aliphatic carbocycles. The molecule has 0 radical (unpaired) electrons. The van der Waals surface area contributed by atoms with E-state index in [1.165, 1.54) is 24.8 Å². The fourth-order valence-corrected chi connectivity index (χ4v) is 3.82. The minimum Gasteiger partial charge on any atom is -0.506 e. The van der Waals surface area contributed by atoms with E-state index in [-0.39, 0.29) is 5.75 Å². The third-order valence-corrected chi connectivity index (χ3v) is 5.58. The van der Waals surface area contributed by atoms with Crippen molar-refractivity contribution < 1.29 is 10.2 Å². The molecule has 5 heteroatoms. The Kier molecular flexibility index (Phi) is 9.16. The number of benzene rings is 2. The summed E-state index contributed by atoms with van der Waals surface area (Å²) in [6.45, 7) is 7.34. The van der Waals surface area contributed by atoms with E-state index in [0.717, 1.165) is 49.3 Å². The number of allylic oxidation sites excluding steroid dienone is 1. The molecule has 1 aliphatic rings. The number of rotatable bonds is 13. The van der Waals surface area contributed by atoms with Gasteiger partial charge in [0.05, 0.1) is 11.8 Å². The van der Waals surface area contributed by atoms with Crippen molar-refractivity contribution in [1.82, 2.24) is 10.6 Å². The molecule has 0 aromatic heterocycles. The molecule has 1 aliphatic heterocycles. The number of phenols is 1. The third kappa shape index (κ3) is 7.24. The van der Waals surface area contributed by atoms with Crippen molar-refractivity contribution >= 4 is 11.8 Å². The summed E-state index contributed by atoms with van der Waals surface area (Å²) >= 11 is 0. The predicted octanol–water partition coefficient (Wildman–Crippen LogP) is 4.36. The van der Waals surface area contributed by atoms with Crippen LogP contribution in [0.2, 0.25) is 0 Å². The average Bonchev–Trinajstić information content (AvgIpc) is 2.78. The predicted molar refractivity (Wildman–Crippen MR) is 129 cm³/mol. The van der Waals surface area contributed by atoms with E-state index in [1.54, 1.807) is 12.1 Å². The van der Waals surface area contributed by atoms with Crippen LogP contribution in [0.1, 0.15) is 48.5 Å². The monoisotopic (exact) mass is 421 g/mol. The summed E-state index contributed by atoms with van der Waals surface area (Å²) in [5, 5.41) is 30.6. The Morgan fingerprint density at radius 1 is 0.871 bits per heavy atom.